The number of benzene rings is 2. The number of hydrogen-bond acceptors (Lipinski definition) is 4. The quantitative estimate of drug-likeness (QED) is 0.691. The summed E-state index contributed by atoms with van der Waals surface area (Å²) < 4.78 is 30.5. The summed E-state index contributed by atoms with van der Waals surface area (Å²) in [6, 6.07) is 16.5. The molecule has 3 rings (SSSR count). The van der Waals surface area contributed by atoms with E-state index in [9.17, 15) is 8.42 Å². The molecule has 0 aliphatic heterocycles. The van der Waals surface area contributed by atoms with Crippen LogP contribution in [0.2, 0.25) is 0 Å². The van der Waals surface area contributed by atoms with Gasteiger partial charge < -0.3 is 4.74 Å². The van der Waals surface area contributed by atoms with Gasteiger partial charge in [-0.15, -0.1) is 0 Å². The molecule has 1 aromatic heterocycles. The molecule has 0 amide bonds. The van der Waals surface area contributed by atoms with Crippen LogP contribution in [0.3, 0.4) is 0 Å². The molecule has 6 heteroatoms. The Morgan fingerprint density at radius 3 is 2.58 bits per heavy atom. The maximum atomic E-state index is 11.5. The zero-order chi connectivity index (χ0) is 17.0. The van der Waals surface area contributed by atoms with Crippen LogP contribution in [0.1, 0.15) is 0 Å². The molecule has 3 aromatic rings. The number of aromatic nitrogens is 2. The van der Waals surface area contributed by atoms with E-state index >= 15 is 0 Å². The fourth-order valence-corrected chi connectivity index (χ4v) is 2.97. The van der Waals surface area contributed by atoms with E-state index in [4.69, 9.17) is 4.74 Å². The van der Waals surface area contributed by atoms with E-state index in [0.717, 1.165) is 11.1 Å². The smallest absolute Gasteiger partial charge is 0.175 e. The van der Waals surface area contributed by atoms with Crippen LogP contribution in [0.5, 0.6) is 5.75 Å². The Hall–Kier alpha value is -2.60. The molecule has 0 N–H and O–H groups in total. The van der Waals surface area contributed by atoms with E-state index in [2.05, 4.69) is 5.10 Å². The second kappa shape index (κ2) is 6.88. The number of hydrogen-bond donors (Lipinski definition) is 0. The highest BCUT2D eigenvalue weighted by Crippen LogP contribution is 2.19. The molecular formula is C18H18N2O3S. The Kier molecular flexibility index (Phi) is 4.66. The predicted octanol–water partition coefficient (Wildman–Crippen LogP) is 3.03. The SMILES string of the molecule is CS(=O)(=O)c1cccc(OCCn2cc(-c3ccccc3)cn2)c1. The van der Waals surface area contributed by atoms with Crippen molar-refractivity contribution in [2.75, 3.05) is 12.9 Å². The summed E-state index contributed by atoms with van der Waals surface area (Å²) in [7, 11) is -3.23. The van der Waals surface area contributed by atoms with Crippen molar-refractivity contribution < 1.29 is 13.2 Å². The van der Waals surface area contributed by atoms with Crippen LogP contribution >= 0.6 is 0 Å². The second-order valence-corrected chi connectivity index (χ2v) is 7.47. The molecule has 0 saturated heterocycles. The third-order valence-corrected chi connectivity index (χ3v) is 4.67. The highest BCUT2D eigenvalue weighted by Gasteiger charge is 2.08. The lowest BCUT2D eigenvalue weighted by molar-refractivity contribution is 0.290. The third kappa shape index (κ3) is 4.02. The molecule has 0 atom stereocenters. The Morgan fingerprint density at radius 1 is 1.04 bits per heavy atom. The van der Waals surface area contributed by atoms with Gasteiger partial charge in [-0.1, -0.05) is 36.4 Å². The van der Waals surface area contributed by atoms with E-state index in [0.29, 0.717) is 18.9 Å². The molecule has 0 spiro atoms. The monoisotopic (exact) mass is 342 g/mol. The molecule has 0 bridgehead atoms. The minimum absolute atomic E-state index is 0.255. The van der Waals surface area contributed by atoms with Gasteiger partial charge in [-0.25, -0.2) is 8.42 Å². The minimum atomic E-state index is -3.23. The molecule has 5 nitrogen and oxygen atoms in total. The van der Waals surface area contributed by atoms with Gasteiger partial charge in [0.25, 0.3) is 0 Å². The highest BCUT2D eigenvalue weighted by molar-refractivity contribution is 7.90. The van der Waals surface area contributed by atoms with Gasteiger partial charge in [0.15, 0.2) is 9.84 Å². The van der Waals surface area contributed by atoms with E-state index in [1.807, 2.05) is 47.4 Å². The standard InChI is InChI=1S/C18H18N2O3S/c1-24(21,22)18-9-5-8-17(12-18)23-11-10-20-14-16(13-19-20)15-6-3-2-4-7-15/h2-9,12-14H,10-11H2,1H3. The van der Waals surface area contributed by atoms with Crippen molar-refractivity contribution >= 4 is 9.84 Å². The largest absolute Gasteiger partial charge is 0.492 e. The summed E-state index contributed by atoms with van der Waals surface area (Å²) in [4.78, 5) is 0.255. The van der Waals surface area contributed by atoms with Crippen LogP contribution in [0.25, 0.3) is 11.1 Å². The van der Waals surface area contributed by atoms with Crippen molar-refractivity contribution in [3.05, 3.63) is 67.0 Å². The van der Waals surface area contributed by atoms with E-state index in [1.165, 1.54) is 12.3 Å². The highest BCUT2D eigenvalue weighted by atomic mass is 32.2. The molecule has 0 radical (unpaired) electrons. The maximum Gasteiger partial charge on any atom is 0.175 e. The van der Waals surface area contributed by atoms with Crippen LogP contribution in [0.15, 0.2) is 71.9 Å². The molecule has 124 valence electrons. The first-order valence-electron chi connectivity index (χ1n) is 7.53. The summed E-state index contributed by atoms with van der Waals surface area (Å²) >= 11 is 0. The predicted molar refractivity (Wildman–Crippen MR) is 92.7 cm³/mol. The molecular weight excluding hydrogens is 324 g/mol. The number of sulfone groups is 1. The Balaban J connectivity index is 1.60. The van der Waals surface area contributed by atoms with Gasteiger partial charge in [-0.2, -0.15) is 5.10 Å². The van der Waals surface area contributed by atoms with Crippen molar-refractivity contribution in [3.63, 3.8) is 0 Å². The topological polar surface area (TPSA) is 61.2 Å². The molecule has 0 fully saturated rings. The average Bonchev–Trinajstić information content (AvgIpc) is 3.04. The molecule has 24 heavy (non-hydrogen) atoms. The molecule has 0 aliphatic rings. The van der Waals surface area contributed by atoms with Crippen LogP contribution in [0, 0.1) is 0 Å². The van der Waals surface area contributed by atoms with Gasteiger partial charge in [0.2, 0.25) is 0 Å². The van der Waals surface area contributed by atoms with Gasteiger partial charge in [-0.05, 0) is 23.8 Å². The zero-order valence-corrected chi connectivity index (χ0v) is 14.1. The van der Waals surface area contributed by atoms with Crippen molar-refractivity contribution in [2.45, 2.75) is 11.4 Å². The summed E-state index contributed by atoms with van der Waals surface area (Å²) in [6.07, 6.45) is 4.96. The maximum absolute atomic E-state index is 11.5. The van der Waals surface area contributed by atoms with Gasteiger partial charge >= 0.3 is 0 Å². The summed E-state index contributed by atoms with van der Waals surface area (Å²) in [6.45, 7) is 0.985. The minimum Gasteiger partial charge on any atom is -0.492 e. The second-order valence-electron chi connectivity index (χ2n) is 5.45. The van der Waals surface area contributed by atoms with Gasteiger partial charge in [-0.3, -0.25) is 4.68 Å². The first-order chi connectivity index (χ1) is 11.5. The number of rotatable bonds is 6. The normalized spacial score (nSPS) is 11.4. The lowest BCUT2D eigenvalue weighted by Gasteiger charge is -2.07. The zero-order valence-electron chi connectivity index (χ0n) is 13.3. The molecule has 0 saturated carbocycles. The van der Waals surface area contributed by atoms with Crippen LogP contribution in [0.4, 0.5) is 0 Å². The fraction of sp³-hybridized carbons (Fsp3) is 0.167. The van der Waals surface area contributed by atoms with Crippen molar-refractivity contribution in [1.82, 2.24) is 9.78 Å². The van der Waals surface area contributed by atoms with Gasteiger partial charge in [0, 0.05) is 18.0 Å². The first kappa shape index (κ1) is 16.3. The fourth-order valence-electron chi connectivity index (χ4n) is 2.32. The van der Waals surface area contributed by atoms with Crippen molar-refractivity contribution in [2.24, 2.45) is 0 Å². The lowest BCUT2D eigenvalue weighted by atomic mass is 10.1. The van der Waals surface area contributed by atoms with Gasteiger partial charge in [0.1, 0.15) is 12.4 Å². The van der Waals surface area contributed by atoms with Gasteiger partial charge in [0.05, 0.1) is 17.6 Å². The lowest BCUT2D eigenvalue weighted by Crippen LogP contribution is -2.08. The number of ether oxygens (including phenoxy) is 1. The summed E-state index contributed by atoms with van der Waals surface area (Å²) in [5, 5.41) is 4.32. The summed E-state index contributed by atoms with van der Waals surface area (Å²) in [5.41, 5.74) is 2.17. The Bertz CT molecular complexity index is 918. The molecule has 2 aromatic carbocycles. The van der Waals surface area contributed by atoms with Crippen molar-refractivity contribution in [1.29, 1.82) is 0 Å². The summed E-state index contributed by atoms with van der Waals surface area (Å²) in [5.74, 6) is 0.536. The molecule has 1 heterocycles. The molecule has 0 unspecified atom stereocenters. The van der Waals surface area contributed by atoms with Crippen molar-refractivity contribution in [3.8, 4) is 16.9 Å². The number of nitrogens with zero attached hydrogens (tertiary/aromatic N) is 2. The Labute approximate surface area is 141 Å². The van der Waals surface area contributed by atoms with Crippen LogP contribution in [-0.4, -0.2) is 31.1 Å². The van der Waals surface area contributed by atoms with E-state index < -0.39 is 9.84 Å². The van der Waals surface area contributed by atoms with E-state index in [1.54, 1.807) is 18.2 Å². The van der Waals surface area contributed by atoms with Crippen LogP contribution < -0.4 is 4.74 Å². The first-order valence-corrected chi connectivity index (χ1v) is 9.42. The van der Waals surface area contributed by atoms with E-state index in [-0.39, 0.29) is 4.90 Å². The average molecular weight is 342 g/mol. The Morgan fingerprint density at radius 2 is 1.83 bits per heavy atom. The molecule has 0 aliphatic carbocycles. The third-order valence-electron chi connectivity index (χ3n) is 3.56. The van der Waals surface area contributed by atoms with Crippen LogP contribution in [-0.2, 0) is 16.4 Å².